The van der Waals surface area contributed by atoms with Crippen LogP contribution in [0, 0.1) is 0 Å². The Hall–Kier alpha value is -7.64. The molecule has 0 saturated heterocycles. The van der Waals surface area contributed by atoms with Crippen molar-refractivity contribution in [3.63, 3.8) is 0 Å². The molecule has 258 valence electrons. The number of hydrogen-bond acceptors (Lipinski definition) is 7. The van der Waals surface area contributed by atoms with Crippen molar-refractivity contribution in [3.8, 4) is 79.5 Å². The normalized spacial score (nSPS) is 11.3. The zero-order valence-corrected chi connectivity index (χ0v) is 29.4. The second-order valence-electron chi connectivity index (χ2n) is 13.1. The van der Waals surface area contributed by atoms with Gasteiger partial charge >= 0.3 is 0 Å². The van der Waals surface area contributed by atoms with Crippen LogP contribution in [-0.4, -0.2) is 29.9 Å². The SMILES string of the molecule is c1ccc(-c2ccc(-c3nc(-c4ccccc4)nc(-c4cccc5oc6c(-c7nc(-c8ccccc8)nc(-c8ccccc8)n7)cccc6c45)n3)cc2)cc1. The standard InChI is InChI=1S/C48H30N6O/c1-5-15-31(16-6-1)32-27-29-36(30-28-32)46-50-43(33-17-7-2-8-18-33)51-47(52-46)38-24-14-26-40-41(38)37-23-13-25-39(42(37)55-40)48-53-44(34-19-9-3-10-20-34)49-45(54-48)35-21-11-4-12-22-35/h1-30H. The lowest BCUT2D eigenvalue weighted by Crippen LogP contribution is -2.00. The summed E-state index contributed by atoms with van der Waals surface area (Å²) in [7, 11) is 0. The highest BCUT2D eigenvalue weighted by Gasteiger charge is 2.21. The number of para-hydroxylation sites is 1. The first-order valence-electron chi connectivity index (χ1n) is 18.0. The van der Waals surface area contributed by atoms with E-state index in [4.69, 9.17) is 34.3 Å². The number of rotatable bonds is 7. The summed E-state index contributed by atoms with van der Waals surface area (Å²) in [5.41, 5.74) is 8.84. The molecular formula is C48H30N6O. The Kier molecular flexibility index (Phi) is 8.00. The Morgan fingerprint density at radius 2 is 0.636 bits per heavy atom. The minimum atomic E-state index is 0.520. The highest BCUT2D eigenvalue weighted by atomic mass is 16.3. The molecule has 7 heteroatoms. The molecule has 10 aromatic rings. The fourth-order valence-electron chi connectivity index (χ4n) is 6.92. The van der Waals surface area contributed by atoms with Crippen LogP contribution >= 0.6 is 0 Å². The first-order chi connectivity index (χ1) is 27.2. The zero-order chi connectivity index (χ0) is 36.6. The molecule has 0 aliphatic heterocycles. The van der Waals surface area contributed by atoms with Crippen molar-refractivity contribution in [1.29, 1.82) is 0 Å². The molecule has 3 heterocycles. The number of nitrogens with zero attached hydrogens (tertiary/aromatic N) is 6. The van der Waals surface area contributed by atoms with Crippen LogP contribution in [0.3, 0.4) is 0 Å². The monoisotopic (exact) mass is 706 g/mol. The molecule has 0 amide bonds. The number of aromatic nitrogens is 6. The van der Waals surface area contributed by atoms with Crippen molar-refractivity contribution >= 4 is 21.9 Å². The first kappa shape index (κ1) is 32.0. The third kappa shape index (κ3) is 6.09. The zero-order valence-electron chi connectivity index (χ0n) is 29.4. The summed E-state index contributed by atoms with van der Waals surface area (Å²) < 4.78 is 6.70. The third-order valence-corrected chi connectivity index (χ3v) is 9.62. The van der Waals surface area contributed by atoms with Gasteiger partial charge in [0.15, 0.2) is 34.9 Å². The quantitative estimate of drug-likeness (QED) is 0.163. The fourth-order valence-corrected chi connectivity index (χ4v) is 6.92. The maximum absolute atomic E-state index is 6.70. The first-order valence-corrected chi connectivity index (χ1v) is 18.0. The van der Waals surface area contributed by atoms with E-state index in [1.54, 1.807) is 0 Å². The average Bonchev–Trinajstić information content (AvgIpc) is 3.67. The maximum Gasteiger partial charge on any atom is 0.167 e. The largest absolute Gasteiger partial charge is 0.455 e. The minimum Gasteiger partial charge on any atom is -0.455 e. The van der Waals surface area contributed by atoms with E-state index in [-0.39, 0.29) is 0 Å². The van der Waals surface area contributed by atoms with Gasteiger partial charge in [-0.05, 0) is 23.3 Å². The Morgan fingerprint density at radius 1 is 0.273 bits per heavy atom. The van der Waals surface area contributed by atoms with Crippen molar-refractivity contribution < 1.29 is 4.42 Å². The van der Waals surface area contributed by atoms with E-state index >= 15 is 0 Å². The summed E-state index contributed by atoms with van der Waals surface area (Å²) >= 11 is 0. The van der Waals surface area contributed by atoms with Crippen LogP contribution in [-0.2, 0) is 0 Å². The van der Waals surface area contributed by atoms with E-state index in [2.05, 4.69) is 42.5 Å². The number of furan rings is 1. The van der Waals surface area contributed by atoms with Crippen LogP contribution in [0.1, 0.15) is 0 Å². The molecule has 3 aromatic heterocycles. The predicted molar refractivity (Wildman–Crippen MR) is 219 cm³/mol. The van der Waals surface area contributed by atoms with Crippen LogP contribution < -0.4 is 0 Å². The second kappa shape index (κ2) is 13.7. The highest BCUT2D eigenvalue weighted by Crippen LogP contribution is 2.40. The summed E-state index contributed by atoms with van der Waals surface area (Å²) in [6, 6.07) is 60.7. The van der Waals surface area contributed by atoms with Crippen molar-refractivity contribution in [2.45, 2.75) is 0 Å². The van der Waals surface area contributed by atoms with Gasteiger partial charge in [0.2, 0.25) is 0 Å². The van der Waals surface area contributed by atoms with Gasteiger partial charge < -0.3 is 4.42 Å². The molecule has 0 aliphatic carbocycles. The molecule has 10 rings (SSSR count). The van der Waals surface area contributed by atoms with Crippen molar-refractivity contribution in [3.05, 3.63) is 182 Å². The van der Waals surface area contributed by atoms with E-state index in [1.165, 1.54) is 0 Å². The van der Waals surface area contributed by atoms with E-state index in [1.807, 2.05) is 140 Å². The van der Waals surface area contributed by atoms with Crippen LogP contribution in [0.25, 0.3) is 101 Å². The highest BCUT2D eigenvalue weighted by molar-refractivity contribution is 6.14. The lowest BCUT2D eigenvalue weighted by atomic mass is 10.0. The van der Waals surface area contributed by atoms with Gasteiger partial charge in [0.05, 0.1) is 5.56 Å². The summed E-state index contributed by atoms with van der Waals surface area (Å²) in [6.45, 7) is 0. The minimum absolute atomic E-state index is 0.520. The summed E-state index contributed by atoms with van der Waals surface area (Å²) in [5.74, 6) is 3.41. The van der Waals surface area contributed by atoms with E-state index in [9.17, 15) is 0 Å². The molecule has 0 saturated carbocycles. The summed E-state index contributed by atoms with van der Waals surface area (Å²) in [4.78, 5) is 30.1. The Morgan fingerprint density at radius 3 is 1.15 bits per heavy atom. The molecule has 0 atom stereocenters. The molecule has 0 fully saturated rings. The van der Waals surface area contributed by atoms with Crippen molar-refractivity contribution in [2.75, 3.05) is 0 Å². The van der Waals surface area contributed by atoms with E-state index in [0.717, 1.165) is 55.3 Å². The summed E-state index contributed by atoms with van der Waals surface area (Å²) in [5, 5.41) is 1.80. The smallest absolute Gasteiger partial charge is 0.167 e. The topological polar surface area (TPSA) is 90.5 Å². The third-order valence-electron chi connectivity index (χ3n) is 9.62. The number of fused-ring (bicyclic) bond motifs is 3. The van der Waals surface area contributed by atoms with Gasteiger partial charge in [-0.2, -0.15) is 0 Å². The number of benzene rings is 7. The van der Waals surface area contributed by atoms with Gasteiger partial charge in [0.25, 0.3) is 0 Å². The Labute approximate surface area is 316 Å². The van der Waals surface area contributed by atoms with Crippen molar-refractivity contribution in [1.82, 2.24) is 29.9 Å². The molecule has 55 heavy (non-hydrogen) atoms. The number of hydrogen-bond donors (Lipinski definition) is 0. The molecule has 0 spiro atoms. The molecule has 0 aliphatic rings. The average molecular weight is 707 g/mol. The van der Waals surface area contributed by atoms with Gasteiger partial charge in [-0.25, -0.2) is 29.9 Å². The lowest BCUT2D eigenvalue weighted by Gasteiger charge is -2.10. The summed E-state index contributed by atoms with van der Waals surface area (Å²) in [6.07, 6.45) is 0. The fraction of sp³-hybridized carbons (Fsp3) is 0. The Bertz CT molecular complexity index is 2890. The van der Waals surface area contributed by atoms with Gasteiger partial charge in [-0.15, -0.1) is 0 Å². The molecule has 7 nitrogen and oxygen atoms in total. The molecular weight excluding hydrogens is 677 g/mol. The molecule has 0 unspecified atom stereocenters. The van der Waals surface area contributed by atoms with E-state index < -0.39 is 0 Å². The predicted octanol–water partition coefficient (Wildman–Crippen LogP) is 11.6. The maximum atomic E-state index is 6.70. The van der Waals surface area contributed by atoms with Gasteiger partial charge in [-0.1, -0.05) is 170 Å². The van der Waals surface area contributed by atoms with Crippen LogP contribution in [0.15, 0.2) is 186 Å². The Balaban J connectivity index is 1.15. The van der Waals surface area contributed by atoms with Gasteiger partial charge in [0.1, 0.15) is 11.2 Å². The van der Waals surface area contributed by atoms with E-state index in [0.29, 0.717) is 46.1 Å². The van der Waals surface area contributed by atoms with Gasteiger partial charge in [-0.3, -0.25) is 0 Å². The lowest BCUT2D eigenvalue weighted by molar-refractivity contribution is 0.669. The van der Waals surface area contributed by atoms with Crippen LogP contribution in [0.4, 0.5) is 0 Å². The molecule has 0 bridgehead atoms. The molecule has 0 N–H and O–H groups in total. The van der Waals surface area contributed by atoms with Gasteiger partial charge in [0, 0.05) is 38.6 Å². The second-order valence-corrected chi connectivity index (χ2v) is 13.1. The van der Waals surface area contributed by atoms with Crippen LogP contribution in [0.2, 0.25) is 0 Å². The van der Waals surface area contributed by atoms with Crippen LogP contribution in [0.5, 0.6) is 0 Å². The molecule has 7 aromatic carbocycles. The van der Waals surface area contributed by atoms with Crippen molar-refractivity contribution in [2.24, 2.45) is 0 Å². The molecule has 0 radical (unpaired) electrons.